The topological polar surface area (TPSA) is 18.5 Å². The van der Waals surface area contributed by atoms with Gasteiger partial charge in [0.05, 0.1) is 6.61 Å². The van der Waals surface area contributed by atoms with Crippen LogP contribution in [-0.4, -0.2) is 32.8 Å². The molecule has 0 bridgehead atoms. The van der Waals surface area contributed by atoms with E-state index in [-0.39, 0.29) is 6.55 Å². The highest BCUT2D eigenvalue weighted by molar-refractivity contribution is 8.86. The molecule has 10 heavy (non-hydrogen) atoms. The van der Waals surface area contributed by atoms with E-state index in [0.29, 0.717) is 0 Å². The third-order valence-electron chi connectivity index (χ3n) is 0.782. The van der Waals surface area contributed by atoms with Crippen LogP contribution in [0.1, 0.15) is 0 Å². The number of rotatable bonds is 6. The fourth-order valence-corrected chi connectivity index (χ4v) is 4.50. The van der Waals surface area contributed by atoms with Gasteiger partial charge in [0.1, 0.15) is 0 Å². The second-order valence-corrected chi connectivity index (χ2v) is 7.81. The van der Waals surface area contributed by atoms with Crippen LogP contribution in [0, 0.1) is 0 Å². The van der Waals surface area contributed by atoms with Gasteiger partial charge in [0, 0.05) is 20.0 Å². The van der Waals surface area contributed by atoms with Gasteiger partial charge in [-0.2, -0.15) is 0 Å². The smallest absolute Gasteiger partial charge is 0.151 e. The highest BCUT2D eigenvalue weighted by Crippen LogP contribution is 2.59. The van der Waals surface area contributed by atoms with Crippen molar-refractivity contribution in [3.8, 4) is 0 Å². The molecule has 0 heterocycles. The molecule has 0 rings (SSSR count). The van der Waals surface area contributed by atoms with Crippen LogP contribution in [0.15, 0.2) is 0 Å². The third-order valence-corrected chi connectivity index (χ3v) is 7.20. The Balaban J connectivity index is 3.09. The van der Waals surface area contributed by atoms with Crippen molar-refractivity contribution < 1.29 is 9.26 Å². The van der Waals surface area contributed by atoms with Crippen molar-refractivity contribution in [2.45, 2.75) is 0 Å². The van der Waals surface area contributed by atoms with Crippen molar-refractivity contribution >= 4 is 29.3 Å². The van der Waals surface area contributed by atoms with E-state index < -0.39 is 0 Å². The average Bonchev–Trinajstić information content (AvgIpc) is 1.99. The van der Waals surface area contributed by atoms with E-state index in [2.05, 4.69) is 6.26 Å². The first-order valence-corrected chi connectivity index (χ1v) is 7.53. The molecule has 0 saturated heterocycles. The van der Waals surface area contributed by atoms with E-state index in [9.17, 15) is 0 Å². The Bertz CT molecular complexity index is 70.7. The van der Waals surface area contributed by atoms with E-state index in [1.165, 1.54) is 0 Å². The molecule has 0 saturated carbocycles. The average molecular weight is 200 g/mol. The molecule has 62 valence electrons. The van der Waals surface area contributed by atoms with Gasteiger partial charge in [-0.05, 0) is 6.26 Å². The Morgan fingerprint density at radius 1 is 1.40 bits per heavy atom. The molecule has 0 radical (unpaired) electrons. The summed E-state index contributed by atoms with van der Waals surface area (Å²) in [7, 11) is 3.47. The first-order chi connectivity index (χ1) is 4.85. The highest BCUT2D eigenvalue weighted by atomic mass is 33.1. The zero-order valence-electron chi connectivity index (χ0n) is 6.49. The van der Waals surface area contributed by atoms with Crippen molar-refractivity contribution in [1.29, 1.82) is 0 Å². The number of methoxy groups -OCH3 is 1. The van der Waals surface area contributed by atoms with Crippen molar-refractivity contribution in [2.24, 2.45) is 0 Å². The standard InChI is InChI=1S/C5H13O2PS2/c1-6-4-5-10-8(7-2)9-3/h4-5H2,1-3H3. The quantitative estimate of drug-likeness (QED) is 0.484. The minimum absolute atomic E-state index is 0.315. The molecule has 1 atom stereocenters. The minimum Gasteiger partial charge on any atom is -0.384 e. The van der Waals surface area contributed by atoms with Crippen LogP contribution >= 0.6 is 29.3 Å². The lowest BCUT2D eigenvalue weighted by Crippen LogP contribution is -1.89. The summed E-state index contributed by atoms with van der Waals surface area (Å²) in [4.78, 5) is 0. The highest BCUT2D eigenvalue weighted by Gasteiger charge is 2.03. The summed E-state index contributed by atoms with van der Waals surface area (Å²) in [6, 6.07) is 0. The van der Waals surface area contributed by atoms with Crippen LogP contribution in [0.4, 0.5) is 0 Å². The Morgan fingerprint density at radius 2 is 2.10 bits per heavy atom. The molecular formula is C5H13O2PS2. The summed E-state index contributed by atoms with van der Waals surface area (Å²) < 4.78 is 10.1. The molecule has 5 heteroatoms. The van der Waals surface area contributed by atoms with E-state index in [1.807, 2.05) is 11.4 Å². The van der Waals surface area contributed by atoms with Gasteiger partial charge in [0.2, 0.25) is 0 Å². The Hall–Kier alpha value is 1.05. The maximum Gasteiger partial charge on any atom is 0.151 e. The summed E-state index contributed by atoms with van der Waals surface area (Å²) in [5, 5.41) is 0. The largest absolute Gasteiger partial charge is 0.384 e. The number of hydrogen-bond acceptors (Lipinski definition) is 4. The van der Waals surface area contributed by atoms with Crippen molar-refractivity contribution in [2.75, 3.05) is 32.8 Å². The molecule has 0 spiro atoms. The molecule has 0 fully saturated rings. The Kier molecular flexibility index (Phi) is 9.01. The Labute approximate surface area is 71.8 Å². The zero-order chi connectivity index (χ0) is 7.82. The van der Waals surface area contributed by atoms with E-state index >= 15 is 0 Å². The molecule has 0 aliphatic heterocycles. The van der Waals surface area contributed by atoms with Gasteiger partial charge in [0.25, 0.3) is 0 Å². The summed E-state index contributed by atoms with van der Waals surface area (Å²) in [6.07, 6.45) is 2.06. The van der Waals surface area contributed by atoms with Gasteiger partial charge < -0.3 is 9.26 Å². The predicted octanol–water partition coefficient (Wildman–Crippen LogP) is 2.60. The molecule has 0 N–H and O–H groups in total. The van der Waals surface area contributed by atoms with Crippen LogP contribution in [0.2, 0.25) is 0 Å². The first-order valence-electron chi connectivity index (χ1n) is 2.85. The summed E-state index contributed by atoms with van der Waals surface area (Å²) in [5.74, 6) is 1.02. The van der Waals surface area contributed by atoms with Crippen LogP contribution in [0.5, 0.6) is 0 Å². The fraction of sp³-hybridized carbons (Fsp3) is 1.00. The summed E-state index contributed by atoms with van der Waals surface area (Å²) in [6.45, 7) is 0.498. The second-order valence-electron chi connectivity index (χ2n) is 1.41. The normalized spacial score (nSPS) is 13.5. The van der Waals surface area contributed by atoms with Gasteiger partial charge in [-0.15, -0.1) is 0 Å². The zero-order valence-corrected chi connectivity index (χ0v) is 9.02. The second kappa shape index (κ2) is 8.15. The summed E-state index contributed by atoms with van der Waals surface area (Å²) in [5.41, 5.74) is 0. The number of hydrogen-bond donors (Lipinski definition) is 0. The molecule has 1 unspecified atom stereocenters. The van der Waals surface area contributed by atoms with Crippen molar-refractivity contribution in [3.05, 3.63) is 0 Å². The van der Waals surface area contributed by atoms with Gasteiger partial charge in [0.15, 0.2) is 6.55 Å². The van der Waals surface area contributed by atoms with Gasteiger partial charge >= 0.3 is 0 Å². The van der Waals surface area contributed by atoms with Crippen LogP contribution in [0.25, 0.3) is 0 Å². The lowest BCUT2D eigenvalue weighted by atomic mass is 10.9. The molecule has 0 aromatic heterocycles. The van der Waals surface area contributed by atoms with Crippen molar-refractivity contribution in [3.63, 3.8) is 0 Å². The van der Waals surface area contributed by atoms with Gasteiger partial charge in [-0.1, -0.05) is 22.8 Å². The third kappa shape index (κ3) is 5.81. The molecule has 0 aliphatic carbocycles. The van der Waals surface area contributed by atoms with Crippen LogP contribution in [0.3, 0.4) is 0 Å². The van der Waals surface area contributed by atoms with E-state index in [4.69, 9.17) is 9.26 Å². The molecule has 2 nitrogen and oxygen atoms in total. The first kappa shape index (κ1) is 11.1. The van der Waals surface area contributed by atoms with E-state index in [0.717, 1.165) is 12.4 Å². The summed E-state index contributed by atoms with van der Waals surface area (Å²) >= 11 is 3.60. The fourth-order valence-electron chi connectivity index (χ4n) is 0.375. The van der Waals surface area contributed by atoms with Crippen molar-refractivity contribution in [1.82, 2.24) is 0 Å². The molecule has 0 aromatic carbocycles. The van der Waals surface area contributed by atoms with Gasteiger partial charge in [-0.3, -0.25) is 0 Å². The number of ether oxygens (including phenoxy) is 1. The molecule has 0 aromatic rings. The van der Waals surface area contributed by atoms with Crippen LogP contribution in [-0.2, 0) is 9.26 Å². The van der Waals surface area contributed by atoms with E-state index in [1.54, 1.807) is 25.6 Å². The Morgan fingerprint density at radius 3 is 2.50 bits per heavy atom. The molecular weight excluding hydrogens is 187 g/mol. The monoisotopic (exact) mass is 200 g/mol. The van der Waals surface area contributed by atoms with Gasteiger partial charge in [-0.25, -0.2) is 0 Å². The molecule has 0 aliphatic rings. The maximum absolute atomic E-state index is 5.18. The SMILES string of the molecule is COCCSP(OC)SC. The van der Waals surface area contributed by atoms with Crippen LogP contribution < -0.4 is 0 Å². The maximum atomic E-state index is 5.18. The minimum atomic E-state index is -0.315. The lowest BCUT2D eigenvalue weighted by molar-refractivity contribution is 0.219. The lowest BCUT2D eigenvalue weighted by Gasteiger charge is -2.09. The molecule has 0 amide bonds. The predicted molar refractivity (Wildman–Crippen MR) is 51.8 cm³/mol.